The van der Waals surface area contributed by atoms with Crippen LogP contribution in [0.4, 0.5) is 0 Å². The Morgan fingerprint density at radius 2 is 2.06 bits per heavy atom. The lowest BCUT2D eigenvalue weighted by Crippen LogP contribution is -2.44. The van der Waals surface area contributed by atoms with E-state index in [9.17, 15) is 9.59 Å². The van der Waals surface area contributed by atoms with Gasteiger partial charge >= 0.3 is 0 Å². The van der Waals surface area contributed by atoms with Crippen LogP contribution in [0.2, 0.25) is 5.02 Å². The SMILES string of the molecule is O=C1CCNC(=O)C1Sc1ccccc1Cl. The van der Waals surface area contributed by atoms with Gasteiger partial charge in [-0.3, -0.25) is 9.59 Å². The minimum atomic E-state index is -0.659. The third kappa shape index (κ3) is 2.39. The van der Waals surface area contributed by atoms with Crippen LogP contribution < -0.4 is 5.32 Å². The molecule has 1 aliphatic rings. The Morgan fingerprint density at radius 1 is 1.31 bits per heavy atom. The van der Waals surface area contributed by atoms with E-state index in [4.69, 9.17) is 11.6 Å². The number of hydrogen-bond acceptors (Lipinski definition) is 3. The van der Waals surface area contributed by atoms with E-state index in [2.05, 4.69) is 5.32 Å². The van der Waals surface area contributed by atoms with Crippen molar-refractivity contribution in [1.82, 2.24) is 5.32 Å². The van der Waals surface area contributed by atoms with Crippen LogP contribution in [-0.4, -0.2) is 23.5 Å². The van der Waals surface area contributed by atoms with Crippen LogP contribution in [0, 0.1) is 0 Å². The first kappa shape index (κ1) is 11.5. The molecule has 1 unspecified atom stereocenters. The third-order valence-electron chi connectivity index (χ3n) is 2.28. The topological polar surface area (TPSA) is 46.2 Å². The molecule has 1 amide bonds. The van der Waals surface area contributed by atoms with Crippen molar-refractivity contribution in [2.75, 3.05) is 6.54 Å². The Hall–Kier alpha value is -1.00. The second-order valence-corrected chi connectivity index (χ2v) is 4.99. The number of carbonyl (C=O) groups excluding carboxylic acids is 2. The van der Waals surface area contributed by atoms with Crippen LogP contribution >= 0.6 is 23.4 Å². The van der Waals surface area contributed by atoms with Gasteiger partial charge in [-0.15, -0.1) is 11.8 Å². The van der Waals surface area contributed by atoms with Crippen molar-refractivity contribution in [3.63, 3.8) is 0 Å². The Bertz CT molecular complexity index is 420. The molecule has 0 saturated carbocycles. The van der Waals surface area contributed by atoms with Gasteiger partial charge in [0, 0.05) is 17.9 Å². The number of ketones is 1. The van der Waals surface area contributed by atoms with Gasteiger partial charge in [0.2, 0.25) is 5.91 Å². The summed E-state index contributed by atoms with van der Waals surface area (Å²) in [7, 11) is 0. The number of thioether (sulfide) groups is 1. The average Bonchev–Trinajstić information content (AvgIpc) is 2.26. The predicted octanol–water partition coefficient (Wildman–Crippen LogP) is 1.89. The number of amides is 1. The van der Waals surface area contributed by atoms with Crippen LogP contribution in [0.1, 0.15) is 6.42 Å². The summed E-state index contributed by atoms with van der Waals surface area (Å²) in [4.78, 5) is 23.9. The van der Waals surface area contributed by atoms with E-state index in [0.717, 1.165) is 4.90 Å². The quantitative estimate of drug-likeness (QED) is 0.821. The summed E-state index contributed by atoms with van der Waals surface area (Å²) in [6.07, 6.45) is 0.397. The molecule has 0 bridgehead atoms. The summed E-state index contributed by atoms with van der Waals surface area (Å²) >= 11 is 7.19. The van der Waals surface area contributed by atoms with Gasteiger partial charge in [0.05, 0.1) is 5.02 Å². The molecule has 84 valence electrons. The van der Waals surface area contributed by atoms with E-state index in [1.807, 2.05) is 18.2 Å². The van der Waals surface area contributed by atoms with Crippen LogP contribution in [0.25, 0.3) is 0 Å². The first-order chi connectivity index (χ1) is 7.68. The van der Waals surface area contributed by atoms with Crippen LogP contribution in [0.5, 0.6) is 0 Å². The molecule has 0 aliphatic carbocycles. The summed E-state index contributed by atoms with van der Waals surface area (Å²) in [5.41, 5.74) is 0. The molecule has 1 saturated heterocycles. The van der Waals surface area contributed by atoms with Gasteiger partial charge in [0.25, 0.3) is 0 Å². The molecule has 0 radical (unpaired) electrons. The fourth-order valence-corrected chi connectivity index (χ4v) is 2.77. The molecular formula is C11H10ClNO2S. The molecule has 16 heavy (non-hydrogen) atoms. The van der Waals surface area contributed by atoms with Gasteiger partial charge in [0.1, 0.15) is 5.25 Å². The van der Waals surface area contributed by atoms with Crippen LogP contribution in [0.3, 0.4) is 0 Å². The molecule has 1 aromatic carbocycles. The molecule has 1 aliphatic heterocycles. The van der Waals surface area contributed by atoms with Gasteiger partial charge in [-0.05, 0) is 12.1 Å². The van der Waals surface area contributed by atoms with Crippen LogP contribution in [-0.2, 0) is 9.59 Å². The molecule has 1 N–H and O–H groups in total. The van der Waals surface area contributed by atoms with E-state index < -0.39 is 5.25 Å². The fraction of sp³-hybridized carbons (Fsp3) is 0.273. The molecule has 1 aromatic rings. The molecule has 0 aromatic heterocycles. The molecule has 1 fully saturated rings. The number of halogens is 1. The van der Waals surface area contributed by atoms with Crippen molar-refractivity contribution in [2.45, 2.75) is 16.6 Å². The van der Waals surface area contributed by atoms with Gasteiger partial charge in [0.15, 0.2) is 5.78 Å². The molecule has 2 rings (SSSR count). The Morgan fingerprint density at radius 3 is 2.75 bits per heavy atom. The van der Waals surface area contributed by atoms with Gasteiger partial charge in [-0.2, -0.15) is 0 Å². The number of carbonyl (C=O) groups is 2. The fourth-order valence-electron chi connectivity index (χ4n) is 1.47. The second kappa shape index (κ2) is 4.89. The number of hydrogen-bond donors (Lipinski definition) is 1. The Kier molecular flexibility index (Phi) is 3.51. The number of Topliss-reactive ketones (excluding diaryl/α,β-unsaturated/α-hetero) is 1. The first-order valence-corrected chi connectivity index (χ1v) is 6.16. The van der Waals surface area contributed by atoms with Gasteiger partial charge < -0.3 is 5.32 Å². The number of piperidine rings is 1. The molecule has 1 heterocycles. The molecule has 1 atom stereocenters. The number of benzene rings is 1. The van der Waals surface area contributed by atoms with Crippen molar-refractivity contribution in [1.29, 1.82) is 0 Å². The standard InChI is InChI=1S/C11H10ClNO2S/c12-7-3-1-2-4-9(7)16-10-8(14)5-6-13-11(10)15/h1-4,10H,5-6H2,(H,13,15). The highest BCUT2D eigenvalue weighted by atomic mass is 35.5. The zero-order chi connectivity index (χ0) is 11.5. The highest BCUT2D eigenvalue weighted by Gasteiger charge is 2.31. The molecule has 5 heteroatoms. The minimum absolute atomic E-state index is 0.0336. The maximum absolute atomic E-state index is 11.6. The van der Waals surface area contributed by atoms with Gasteiger partial charge in [-0.1, -0.05) is 23.7 Å². The Balaban J connectivity index is 2.17. The average molecular weight is 256 g/mol. The summed E-state index contributed by atoms with van der Waals surface area (Å²) < 4.78 is 0. The smallest absolute Gasteiger partial charge is 0.241 e. The highest BCUT2D eigenvalue weighted by molar-refractivity contribution is 8.01. The summed E-state index contributed by atoms with van der Waals surface area (Å²) in [5, 5.41) is 2.59. The van der Waals surface area contributed by atoms with E-state index >= 15 is 0 Å². The van der Waals surface area contributed by atoms with E-state index in [-0.39, 0.29) is 11.7 Å². The van der Waals surface area contributed by atoms with E-state index in [0.29, 0.717) is 18.0 Å². The summed E-state index contributed by atoms with van der Waals surface area (Å²) in [5.74, 6) is -0.255. The lowest BCUT2D eigenvalue weighted by molar-refractivity contribution is -0.129. The van der Waals surface area contributed by atoms with E-state index in [1.54, 1.807) is 6.07 Å². The maximum Gasteiger partial charge on any atom is 0.241 e. The van der Waals surface area contributed by atoms with E-state index in [1.165, 1.54) is 11.8 Å². The predicted molar refractivity (Wildman–Crippen MR) is 63.7 cm³/mol. The van der Waals surface area contributed by atoms with Gasteiger partial charge in [-0.25, -0.2) is 0 Å². The number of nitrogens with one attached hydrogen (secondary N) is 1. The van der Waals surface area contributed by atoms with Crippen molar-refractivity contribution in [2.24, 2.45) is 0 Å². The number of rotatable bonds is 2. The maximum atomic E-state index is 11.6. The molecular weight excluding hydrogens is 246 g/mol. The largest absolute Gasteiger partial charge is 0.354 e. The third-order valence-corrected chi connectivity index (χ3v) is 4.05. The van der Waals surface area contributed by atoms with Crippen LogP contribution in [0.15, 0.2) is 29.2 Å². The molecule has 0 spiro atoms. The Labute approximate surface area is 103 Å². The monoisotopic (exact) mass is 255 g/mol. The summed E-state index contributed by atoms with van der Waals surface area (Å²) in [6, 6.07) is 7.20. The zero-order valence-electron chi connectivity index (χ0n) is 8.40. The van der Waals surface area contributed by atoms with Crippen molar-refractivity contribution < 1.29 is 9.59 Å². The lowest BCUT2D eigenvalue weighted by Gasteiger charge is -2.20. The van der Waals surface area contributed by atoms with Crippen molar-refractivity contribution >= 4 is 35.1 Å². The summed E-state index contributed by atoms with van der Waals surface area (Å²) in [6.45, 7) is 0.442. The lowest BCUT2D eigenvalue weighted by atomic mass is 10.1. The second-order valence-electron chi connectivity index (χ2n) is 3.44. The van der Waals surface area contributed by atoms with Crippen molar-refractivity contribution in [3.8, 4) is 0 Å². The highest BCUT2D eigenvalue weighted by Crippen LogP contribution is 2.31. The first-order valence-electron chi connectivity index (χ1n) is 4.90. The minimum Gasteiger partial charge on any atom is -0.354 e. The van der Waals surface area contributed by atoms with Crippen molar-refractivity contribution in [3.05, 3.63) is 29.3 Å². The normalized spacial score (nSPS) is 20.7. The molecule has 3 nitrogen and oxygen atoms in total. The zero-order valence-corrected chi connectivity index (χ0v) is 9.98.